The first-order valence-electron chi connectivity index (χ1n) is 7.23. The van der Waals surface area contributed by atoms with Crippen LogP contribution in [0.4, 0.5) is 10.1 Å². The van der Waals surface area contributed by atoms with Crippen LogP contribution in [0.3, 0.4) is 0 Å². The molecular weight excluding hydrogens is 339 g/mol. The lowest BCUT2D eigenvalue weighted by atomic mass is 10.2. The number of halogens is 2. The average molecular weight is 357 g/mol. The first kappa shape index (κ1) is 17.7. The fraction of sp³-hybridized carbons (Fsp3) is 0.400. The standard InChI is InChI=1S/C15H18ClFN4OS/c1-4-21-14(9(2)3)19-20-15(21)23-8-13(22)18-10-5-6-12(17)11(16)7-10/h5-7,9H,4,8H2,1-3H3,(H,18,22). The van der Waals surface area contributed by atoms with E-state index in [1.807, 2.05) is 11.5 Å². The van der Waals surface area contributed by atoms with Crippen LogP contribution in [0, 0.1) is 5.82 Å². The Kier molecular flexibility index (Phi) is 6.01. The van der Waals surface area contributed by atoms with E-state index in [4.69, 9.17) is 11.6 Å². The van der Waals surface area contributed by atoms with Gasteiger partial charge in [0.15, 0.2) is 5.16 Å². The van der Waals surface area contributed by atoms with Crippen molar-refractivity contribution in [1.29, 1.82) is 0 Å². The summed E-state index contributed by atoms with van der Waals surface area (Å²) < 4.78 is 15.1. The summed E-state index contributed by atoms with van der Waals surface area (Å²) in [6.07, 6.45) is 0. The molecule has 1 N–H and O–H groups in total. The third-order valence-corrected chi connectivity index (χ3v) is 4.37. The molecule has 1 heterocycles. The van der Waals surface area contributed by atoms with Gasteiger partial charge in [-0.2, -0.15) is 0 Å². The maximum Gasteiger partial charge on any atom is 0.234 e. The molecule has 1 aromatic carbocycles. The molecule has 1 aromatic heterocycles. The Morgan fingerprint density at radius 1 is 1.43 bits per heavy atom. The van der Waals surface area contributed by atoms with Gasteiger partial charge >= 0.3 is 0 Å². The summed E-state index contributed by atoms with van der Waals surface area (Å²) in [7, 11) is 0. The molecule has 2 rings (SSSR count). The van der Waals surface area contributed by atoms with Gasteiger partial charge < -0.3 is 9.88 Å². The second kappa shape index (κ2) is 7.79. The number of amides is 1. The van der Waals surface area contributed by atoms with Crippen LogP contribution >= 0.6 is 23.4 Å². The molecule has 0 aliphatic carbocycles. The molecule has 0 aliphatic rings. The van der Waals surface area contributed by atoms with Gasteiger partial charge in [0.25, 0.3) is 0 Å². The molecule has 2 aromatic rings. The van der Waals surface area contributed by atoms with E-state index in [0.717, 1.165) is 12.4 Å². The Morgan fingerprint density at radius 3 is 2.78 bits per heavy atom. The molecule has 124 valence electrons. The van der Waals surface area contributed by atoms with Crippen molar-refractivity contribution < 1.29 is 9.18 Å². The summed E-state index contributed by atoms with van der Waals surface area (Å²) in [5.41, 5.74) is 0.460. The van der Waals surface area contributed by atoms with Crippen molar-refractivity contribution in [2.75, 3.05) is 11.1 Å². The Hall–Kier alpha value is -1.60. The van der Waals surface area contributed by atoms with Crippen molar-refractivity contribution in [2.24, 2.45) is 0 Å². The minimum absolute atomic E-state index is 0.0252. The van der Waals surface area contributed by atoms with E-state index in [1.54, 1.807) is 0 Å². The van der Waals surface area contributed by atoms with Crippen molar-refractivity contribution in [2.45, 2.75) is 38.4 Å². The smallest absolute Gasteiger partial charge is 0.234 e. The summed E-state index contributed by atoms with van der Waals surface area (Å²) in [4.78, 5) is 12.0. The highest BCUT2D eigenvalue weighted by molar-refractivity contribution is 7.99. The van der Waals surface area contributed by atoms with Crippen LogP contribution < -0.4 is 5.32 Å². The van der Waals surface area contributed by atoms with Crippen molar-refractivity contribution in [3.8, 4) is 0 Å². The van der Waals surface area contributed by atoms with E-state index in [9.17, 15) is 9.18 Å². The zero-order chi connectivity index (χ0) is 17.0. The van der Waals surface area contributed by atoms with E-state index in [2.05, 4.69) is 29.4 Å². The predicted molar refractivity (Wildman–Crippen MR) is 90.5 cm³/mol. The van der Waals surface area contributed by atoms with E-state index < -0.39 is 5.82 Å². The van der Waals surface area contributed by atoms with Crippen LogP contribution in [0.1, 0.15) is 32.5 Å². The van der Waals surface area contributed by atoms with Crippen molar-refractivity contribution in [3.63, 3.8) is 0 Å². The summed E-state index contributed by atoms with van der Waals surface area (Å²) in [6, 6.07) is 4.06. The first-order valence-corrected chi connectivity index (χ1v) is 8.59. The molecular formula is C15H18ClFN4OS. The molecule has 0 unspecified atom stereocenters. The Labute approximate surface area is 143 Å². The second-order valence-corrected chi connectivity index (χ2v) is 6.56. The molecule has 0 saturated heterocycles. The molecule has 5 nitrogen and oxygen atoms in total. The van der Waals surface area contributed by atoms with Gasteiger partial charge in [-0.25, -0.2) is 4.39 Å². The number of anilines is 1. The molecule has 0 aliphatic heterocycles. The van der Waals surface area contributed by atoms with E-state index in [-0.39, 0.29) is 22.6 Å². The molecule has 0 spiro atoms. The zero-order valence-corrected chi connectivity index (χ0v) is 14.7. The van der Waals surface area contributed by atoms with E-state index in [1.165, 1.54) is 30.0 Å². The quantitative estimate of drug-likeness (QED) is 0.796. The fourth-order valence-electron chi connectivity index (χ4n) is 2.03. The molecule has 23 heavy (non-hydrogen) atoms. The van der Waals surface area contributed by atoms with Crippen molar-refractivity contribution in [1.82, 2.24) is 14.8 Å². The number of aromatic nitrogens is 3. The third kappa shape index (κ3) is 4.45. The monoisotopic (exact) mass is 356 g/mol. The highest BCUT2D eigenvalue weighted by Crippen LogP contribution is 2.22. The molecule has 0 saturated carbocycles. The predicted octanol–water partition coefficient (Wildman–Crippen LogP) is 3.94. The molecule has 0 bridgehead atoms. The van der Waals surface area contributed by atoms with Crippen molar-refractivity contribution in [3.05, 3.63) is 34.9 Å². The van der Waals surface area contributed by atoms with Gasteiger partial charge in [0.1, 0.15) is 11.6 Å². The fourth-order valence-corrected chi connectivity index (χ4v) is 3.02. The maximum absolute atomic E-state index is 13.1. The number of hydrogen-bond acceptors (Lipinski definition) is 4. The molecule has 0 fully saturated rings. The summed E-state index contributed by atoms with van der Waals surface area (Å²) in [6.45, 7) is 6.86. The molecule has 0 atom stereocenters. The van der Waals surface area contributed by atoms with Crippen LogP contribution in [-0.4, -0.2) is 26.4 Å². The molecule has 1 amide bonds. The first-order chi connectivity index (χ1) is 10.9. The Morgan fingerprint density at radius 2 is 2.17 bits per heavy atom. The highest BCUT2D eigenvalue weighted by Gasteiger charge is 2.15. The van der Waals surface area contributed by atoms with Gasteiger partial charge in [0, 0.05) is 18.2 Å². The number of nitrogens with one attached hydrogen (secondary N) is 1. The average Bonchev–Trinajstić information content (AvgIpc) is 2.92. The number of carbonyl (C=O) groups is 1. The van der Waals surface area contributed by atoms with Crippen LogP contribution in [0.5, 0.6) is 0 Å². The topological polar surface area (TPSA) is 59.8 Å². The third-order valence-electron chi connectivity index (χ3n) is 3.11. The lowest BCUT2D eigenvalue weighted by Crippen LogP contribution is -2.15. The molecule has 0 radical (unpaired) electrons. The van der Waals surface area contributed by atoms with Crippen molar-refractivity contribution >= 4 is 35.0 Å². The number of nitrogens with zero attached hydrogens (tertiary/aromatic N) is 3. The van der Waals surface area contributed by atoms with Crippen LogP contribution in [0.2, 0.25) is 5.02 Å². The SMILES string of the molecule is CCn1c(SCC(=O)Nc2ccc(F)c(Cl)c2)nnc1C(C)C. The lowest BCUT2D eigenvalue weighted by molar-refractivity contribution is -0.113. The van der Waals surface area contributed by atoms with Gasteiger partial charge in [-0.1, -0.05) is 37.2 Å². The van der Waals surface area contributed by atoms with Gasteiger partial charge in [-0.05, 0) is 25.1 Å². The maximum atomic E-state index is 13.1. The highest BCUT2D eigenvalue weighted by atomic mass is 35.5. The molecule has 8 heteroatoms. The lowest BCUT2D eigenvalue weighted by Gasteiger charge is -2.09. The van der Waals surface area contributed by atoms with Crippen LogP contribution in [-0.2, 0) is 11.3 Å². The number of carbonyl (C=O) groups excluding carboxylic acids is 1. The summed E-state index contributed by atoms with van der Waals surface area (Å²) >= 11 is 7.00. The number of rotatable bonds is 6. The van der Waals surface area contributed by atoms with Crippen LogP contribution in [0.25, 0.3) is 0 Å². The number of hydrogen-bond donors (Lipinski definition) is 1. The Balaban J connectivity index is 1.98. The van der Waals surface area contributed by atoms with Gasteiger partial charge in [-0.15, -0.1) is 10.2 Å². The zero-order valence-electron chi connectivity index (χ0n) is 13.1. The van der Waals surface area contributed by atoms with Gasteiger partial charge in [0.2, 0.25) is 5.91 Å². The second-order valence-electron chi connectivity index (χ2n) is 5.21. The van der Waals surface area contributed by atoms with Gasteiger partial charge in [0.05, 0.1) is 10.8 Å². The summed E-state index contributed by atoms with van der Waals surface area (Å²) in [5, 5.41) is 11.7. The van der Waals surface area contributed by atoms with E-state index >= 15 is 0 Å². The minimum atomic E-state index is -0.517. The Bertz CT molecular complexity index is 705. The minimum Gasteiger partial charge on any atom is -0.325 e. The number of thioether (sulfide) groups is 1. The number of benzene rings is 1. The summed E-state index contributed by atoms with van der Waals surface area (Å²) in [5.74, 6) is 0.629. The van der Waals surface area contributed by atoms with Gasteiger partial charge in [-0.3, -0.25) is 4.79 Å². The van der Waals surface area contributed by atoms with E-state index in [0.29, 0.717) is 10.8 Å². The normalized spacial score (nSPS) is 11.0. The largest absolute Gasteiger partial charge is 0.325 e. The van der Waals surface area contributed by atoms with Crippen LogP contribution in [0.15, 0.2) is 23.4 Å².